The van der Waals surface area contributed by atoms with Crippen molar-refractivity contribution < 1.29 is 18.1 Å². The summed E-state index contributed by atoms with van der Waals surface area (Å²) in [6.45, 7) is -0.457. The molecule has 0 aliphatic carbocycles. The van der Waals surface area contributed by atoms with Gasteiger partial charge in [0.1, 0.15) is 11.6 Å². The largest absolute Gasteiger partial charge is 0.416 e. The Morgan fingerprint density at radius 3 is 2.41 bits per heavy atom. The summed E-state index contributed by atoms with van der Waals surface area (Å²) in [5, 5.41) is 19.1. The molecule has 0 atom stereocenters. The molecule has 0 aliphatic rings. The van der Waals surface area contributed by atoms with Crippen LogP contribution in [0.2, 0.25) is 0 Å². The predicted molar refractivity (Wildman–Crippen MR) is 50.7 cm³/mol. The van der Waals surface area contributed by atoms with E-state index in [0.29, 0.717) is 6.07 Å². The summed E-state index contributed by atoms with van der Waals surface area (Å²) >= 11 is 0. The molecule has 0 bridgehead atoms. The minimum absolute atomic E-state index is 0.334. The highest BCUT2D eigenvalue weighted by Crippen LogP contribution is 2.35. The van der Waals surface area contributed by atoms with Crippen molar-refractivity contribution in [2.45, 2.75) is 12.7 Å². The number of nitrogens with zero attached hydrogens (tertiary/aromatic N) is 2. The minimum Gasteiger partial charge on any atom is -0.326 e. The number of nitrogens with two attached hydrogens (primary N) is 1. The van der Waals surface area contributed by atoms with Crippen LogP contribution in [0, 0.1) is 21.4 Å². The van der Waals surface area contributed by atoms with Crippen molar-refractivity contribution >= 4 is 5.69 Å². The third kappa shape index (κ3) is 2.51. The van der Waals surface area contributed by atoms with Gasteiger partial charge in [-0.05, 0) is 11.6 Å². The Morgan fingerprint density at radius 1 is 1.47 bits per heavy atom. The second-order valence-corrected chi connectivity index (χ2v) is 3.10. The maximum absolute atomic E-state index is 12.6. The van der Waals surface area contributed by atoms with E-state index in [1.807, 2.05) is 0 Å². The van der Waals surface area contributed by atoms with E-state index in [-0.39, 0.29) is 5.56 Å². The van der Waals surface area contributed by atoms with Crippen LogP contribution in [0.25, 0.3) is 0 Å². The summed E-state index contributed by atoms with van der Waals surface area (Å²) in [5.41, 5.74) is 2.26. The van der Waals surface area contributed by atoms with Crippen LogP contribution in [0.5, 0.6) is 0 Å². The highest BCUT2D eigenvalue weighted by atomic mass is 19.4. The van der Waals surface area contributed by atoms with Crippen LogP contribution in [-0.4, -0.2) is 4.92 Å². The zero-order chi connectivity index (χ0) is 13.2. The molecule has 0 heterocycles. The lowest BCUT2D eigenvalue weighted by molar-refractivity contribution is -0.385. The summed E-state index contributed by atoms with van der Waals surface area (Å²) in [4.78, 5) is 9.48. The molecule has 0 spiro atoms. The monoisotopic (exact) mass is 245 g/mol. The molecule has 90 valence electrons. The van der Waals surface area contributed by atoms with Crippen molar-refractivity contribution in [2.75, 3.05) is 0 Å². The summed E-state index contributed by atoms with van der Waals surface area (Å²) in [7, 11) is 0. The van der Waals surface area contributed by atoms with E-state index in [2.05, 4.69) is 0 Å². The van der Waals surface area contributed by atoms with Gasteiger partial charge in [-0.15, -0.1) is 0 Å². The number of rotatable bonds is 2. The number of nitriles is 1. The third-order valence-electron chi connectivity index (χ3n) is 2.06. The van der Waals surface area contributed by atoms with Gasteiger partial charge in [-0.3, -0.25) is 10.1 Å². The lowest BCUT2D eigenvalue weighted by atomic mass is 10.0. The predicted octanol–water partition coefficient (Wildman–Crippen LogP) is 1.94. The van der Waals surface area contributed by atoms with Crippen molar-refractivity contribution in [3.05, 3.63) is 38.9 Å². The van der Waals surface area contributed by atoms with Gasteiger partial charge in [0, 0.05) is 12.6 Å². The van der Waals surface area contributed by atoms with Gasteiger partial charge in [-0.2, -0.15) is 18.4 Å². The summed E-state index contributed by atoms with van der Waals surface area (Å²) in [6, 6.07) is 2.59. The quantitative estimate of drug-likeness (QED) is 0.636. The fourth-order valence-corrected chi connectivity index (χ4v) is 1.31. The van der Waals surface area contributed by atoms with Gasteiger partial charge in [0.05, 0.1) is 10.5 Å². The van der Waals surface area contributed by atoms with Gasteiger partial charge in [-0.25, -0.2) is 0 Å². The van der Waals surface area contributed by atoms with Gasteiger partial charge >= 0.3 is 6.18 Å². The fourth-order valence-electron chi connectivity index (χ4n) is 1.31. The van der Waals surface area contributed by atoms with Crippen LogP contribution in [-0.2, 0) is 12.7 Å². The first-order valence-corrected chi connectivity index (χ1v) is 4.30. The first kappa shape index (κ1) is 12.9. The van der Waals surface area contributed by atoms with Crippen molar-refractivity contribution in [3.8, 4) is 6.07 Å². The zero-order valence-corrected chi connectivity index (χ0v) is 8.28. The average Bonchev–Trinajstić information content (AvgIpc) is 2.25. The van der Waals surface area contributed by atoms with Crippen molar-refractivity contribution in [1.82, 2.24) is 0 Å². The molecule has 1 rings (SSSR count). The maximum Gasteiger partial charge on any atom is 0.416 e. The Balaban J connectivity index is 3.58. The molecule has 8 heteroatoms. The van der Waals surface area contributed by atoms with Gasteiger partial charge < -0.3 is 5.73 Å². The van der Waals surface area contributed by atoms with E-state index in [1.54, 1.807) is 0 Å². The van der Waals surface area contributed by atoms with E-state index in [4.69, 9.17) is 11.0 Å². The fraction of sp³-hybridized carbons (Fsp3) is 0.222. The first-order chi connectivity index (χ1) is 7.81. The number of halogens is 3. The van der Waals surface area contributed by atoms with E-state index < -0.39 is 34.5 Å². The highest BCUT2D eigenvalue weighted by Gasteiger charge is 2.35. The van der Waals surface area contributed by atoms with E-state index >= 15 is 0 Å². The Kier molecular flexibility index (Phi) is 3.34. The molecule has 0 amide bonds. The van der Waals surface area contributed by atoms with Gasteiger partial charge in [0.25, 0.3) is 5.69 Å². The summed E-state index contributed by atoms with van der Waals surface area (Å²) < 4.78 is 37.7. The molecular weight excluding hydrogens is 239 g/mol. The van der Waals surface area contributed by atoms with Crippen molar-refractivity contribution in [2.24, 2.45) is 5.73 Å². The van der Waals surface area contributed by atoms with E-state index in [9.17, 15) is 23.3 Å². The highest BCUT2D eigenvalue weighted by molar-refractivity contribution is 5.54. The molecule has 0 saturated heterocycles. The van der Waals surface area contributed by atoms with Crippen molar-refractivity contribution in [1.29, 1.82) is 5.26 Å². The number of nitro groups is 1. The van der Waals surface area contributed by atoms with Crippen LogP contribution >= 0.6 is 0 Å². The molecular formula is C9H6F3N3O2. The lowest BCUT2D eigenvalue weighted by Gasteiger charge is -2.11. The van der Waals surface area contributed by atoms with Gasteiger partial charge in [0.2, 0.25) is 0 Å². The number of nitro benzene ring substituents is 1. The smallest absolute Gasteiger partial charge is 0.326 e. The Bertz CT molecular complexity index is 505. The molecule has 0 fully saturated rings. The summed E-state index contributed by atoms with van der Waals surface area (Å²) in [5.74, 6) is 0. The second kappa shape index (κ2) is 4.39. The molecule has 0 radical (unpaired) electrons. The maximum atomic E-state index is 12.6. The SMILES string of the molecule is N#Cc1cc(CN)c(C(F)(F)F)cc1[N+](=O)[O-]. The topological polar surface area (TPSA) is 93.0 Å². The molecule has 17 heavy (non-hydrogen) atoms. The van der Waals surface area contributed by atoms with Crippen LogP contribution in [0.4, 0.5) is 18.9 Å². The van der Waals surface area contributed by atoms with E-state index in [1.165, 1.54) is 6.07 Å². The van der Waals surface area contributed by atoms with Gasteiger partial charge in [0.15, 0.2) is 0 Å². The standard InChI is InChI=1S/C9H6F3N3O2/c10-9(11,12)7-2-8(15(16)17)6(4-14)1-5(7)3-13/h1-2H,3,13H2. The average molecular weight is 245 g/mol. The molecule has 0 aromatic heterocycles. The van der Waals surface area contributed by atoms with Gasteiger partial charge in [-0.1, -0.05) is 0 Å². The molecule has 0 aliphatic heterocycles. The van der Waals surface area contributed by atoms with Crippen LogP contribution in [0.15, 0.2) is 12.1 Å². The first-order valence-electron chi connectivity index (χ1n) is 4.30. The summed E-state index contributed by atoms with van der Waals surface area (Å²) in [6.07, 6.45) is -4.74. The molecule has 0 saturated carbocycles. The number of benzene rings is 1. The molecule has 1 aromatic carbocycles. The molecule has 1 aromatic rings. The number of alkyl halides is 3. The molecule has 0 unspecified atom stereocenters. The van der Waals surface area contributed by atoms with Crippen LogP contribution in [0.1, 0.15) is 16.7 Å². The molecule has 5 nitrogen and oxygen atoms in total. The minimum atomic E-state index is -4.74. The third-order valence-corrected chi connectivity index (χ3v) is 2.06. The normalized spacial score (nSPS) is 11.0. The van der Waals surface area contributed by atoms with Crippen molar-refractivity contribution in [3.63, 3.8) is 0 Å². The number of hydrogen-bond acceptors (Lipinski definition) is 4. The van der Waals surface area contributed by atoms with E-state index in [0.717, 1.165) is 6.07 Å². The lowest BCUT2D eigenvalue weighted by Crippen LogP contribution is -2.13. The Morgan fingerprint density at radius 2 is 2.06 bits per heavy atom. The Labute approximate surface area is 93.4 Å². The van der Waals surface area contributed by atoms with Crippen LogP contribution in [0.3, 0.4) is 0 Å². The molecule has 2 N–H and O–H groups in total. The van der Waals surface area contributed by atoms with Crippen LogP contribution < -0.4 is 5.73 Å². The zero-order valence-electron chi connectivity index (χ0n) is 8.28. The number of hydrogen-bond donors (Lipinski definition) is 1. The Hall–Kier alpha value is -2.14. The second-order valence-electron chi connectivity index (χ2n) is 3.10.